The van der Waals surface area contributed by atoms with E-state index in [4.69, 9.17) is 0 Å². The van der Waals surface area contributed by atoms with E-state index in [0.717, 1.165) is 5.56 Å². The van der Waals surface area contributed by atoms with Crippen LogP contribution in [0.1, 0.15) is 17.5 Å². The average Bonchev–Trinajstić information content (AvgIpc) is 2.11. The second-order valence-corrected chi connectivity index (χ2v) is 3.95. The first-order valence-electron chi connectivity index (χ1n) is 4.32. The number of benzene rings is 1. The number of hydrogen-bond donors (Lipinski definition) is 1. The fourth-order valence-electron chi connectivity index (χ4n) is 1.33. The minimum Gasteiger partial charge on any atom is -0.232 e. The predicted molar refractivity (Wildman–Crippen MR) is 54.1 cm³/mol. The summed E-state index contributed by atoms with van der Waals surface area (Å²) in [7, 11) is -2.58. The van der Waals surface area contributed by atoms with Crippen molar-refractivity contribution in [2.45, 2.75) is 18.6 Å². The van der Waals surface area contributed by atoms with Crippen LogP contribution in [-0.4, -0.2) is 8.42 Å². The monoisotopic (exact) mass is 215 g/mol. The second-order valence-electron chi connectivity index (χ2n) is 2.97. The average molecular weight is 215 g/mol. The van der Waals surface area contributed by atoms with Crippen molar-refractivity contribution in [1.29, 1.82) is 0 Å². The molecule has 0 unspecified atom stereocenters. The van der Waals surface area contributed by atoms with Crippen LogP contribution in [0, 0.1) is 12.7 Å². The fraction of sp³-hybridized carbons (Fsp3) is 0.300. The Morgan fingerprint density at radius 2 is 2.07 bits per heavy atom. The first-order valence-corrected chi connectivity index (χ1v) is 5.68. The van der Waals surface area contributed by atoms with E-state index in [1.165, 1.54) is 6.07 Å². The third-order valence-electron chi connectivity index (χ3n) is 1.95. The van der Waals surface area contributed by atoms with E-state index < -0.39 is 16.5 Å². The molecule has 4 heteroatoms. The van der Waals surface area contributed by atoms with E-state index in [0.29, 0.717) is 12.8 Å². The van der Waals surface area contributed by atoms with E-state index >= 15 is 0 Å². The van der Waals surface area contributed by atoms with Crippen LogP contribution in [0.15, 0.2) is 18.2 Å². The summed E-state index contributed by atoms with van der Waals surface area (Å²) in [5.74, 6) is -0.674. The number of rotatable bonds is 4. The number of thiol groups is 1. The minimum atomic E-state index is -2.58. The molecular formula is C10H12FO2S. The molecule has 0 saturated carbocycles. The molecule has 1 aromatic carbocycles. The zero-order valence-electron chi connectivity index (χ0n) is 7.70. The molecule has 1 rings (SSSR count). The van der Waals surface area contributed by atoms with Crippen molar-refractivity contribution in [2.75, 3.05) is 0 Å². The van der Waals surface area contributed by atoms with Gasteiger partial charge in [-0.1, -0.05) is 19.1 Å². The van der Waals surface area contributed by atoms with Crippen molar-refractivity contribution in [3.8, 4) is 0 Å². The summed E-state index contributed by atoms with van der Waals surface area (Å²) in [4.78, 5) is 0. The SMILES string of the molecule is [CH2]CCc1cccc(F)c1C[SH](=O)=O. The molecule has 0 amide bonds. The van der Waals surface area contributed by atoms with Crippen LogP contribution < -0.4 is 0 Å². The third-order valence-corrected chi connectivity index (χ3v) is 2.52. The lowest BCUT2D eigenvalue weighted by atomic mass is 10.0. The van der Waals surface area contributed by atoms with E-state index in [9.17, 15) is 12.8 Å². The van der Waals surface area contributed by atoms with Crippen molar-refractivity contribution in [2.24, 2.45) is 0 Å². The maximum atomic E-state index is 13.2. The topological polar surface area (TPSA) is 34.1 Å². The standard InChI is InChI=1S/C10H12FO2S/c1-2-4-8-5-3-6-10(11)9(8)7-14(12)13/h3,5-6,14H,1-2,4,7H2. The van der Waals surface area contributed by atoms with Crippen LogP contribution >= 0.6 is 0 Å². The lowest BCUT2D eigenvalue weighted by Crippen LogP contribution is -1.99. The summed E-state index contributed by atoms with van der Waals surface area (Å²) in [6.45, 7) is 3.66. The van der Waals surface area contributed by atoms with Gasteiger partial charge in [-0.25, -0.2) is 12.8 Å². The highest BCUT2D eigenvalue weighted by molar-refractivity contribution is 7.71. The van der Waals surface area contributed by atoms with Crippen LogP contribution in [0.3, 0.4) is 0 Å². The molecule has 0 aromatic heterocycles. The lowest BCUT2D eigenvalue weighted by molar-refractivity contribution is 0.598. The van der Waals surface area contributed by atoms with Crippen molar-refractivity contribution in [3.05, 3.63) is 42.1 Å². The van der Waals surface area contributed by atoms with Gasteiger partial charge < -0.3 is 0 Å². The van der Waals surface area contributed by atoms with Crippen LogP contribution in [0.4, 0.5) is 4.39 Å². The summed E-state index contributed by atoms with van der Waals surface area (Å²) in [6.07, 6.45) is 1.24. The predicted octanol–water partition coefficient (Wildman–Crippen LogP) is 1.70. The Balaban J connectivity index is 3.08. The van der Waals surface area contributed by atoms with Gasteiger partial charge in [-0.2, -0.15) is 0 Å². The largest absolute Gasteiger partial charge is 0.232 e. The molecule has 0 N–H and O–H groups in total. The minimum absolute atomic E-state index is 0.225. The summed E-state index contributed by atoms with van der Waals surface area (Å²) in [5, 5.41) is 0. The highest BCUT2D eigenvalue weighted by atomic mass is 32.2. The van der Waals surface area contributed by atoms with Gasteiger partial charge in [0.1, 0.15) is 16.5 Å². The summed E-state index contributed by atoms with van der Waals surface area (Å²) in [6, 6.07) is 4.60. The molecule has 1 radical (unpaired) electrons. The fourth-order valence-corrected chi connectivity index (χ4v) is 1.95. The molecular weight excluding hydrogens is 203 g/mol. The molecule has 0 aliphatic rings. The molecule has 0 saturated heterocycles. The molecule has 0 bridgehead atoms. The maximum Gasteiger partial charge on any atom is 0.144 e. The van der Waals surface area contributed by atoms with Gasteiger partial charge in [-0.15, -0.1) is 0 Å². The maximum absolute atomic E-state index is 13.2. The van der Waals surface area contributed by atoms with Gasteiger partial charge in [-0.3, -0.25) is 0 Å². The zero-order valence-corrected chi connectivity index (χ0v) is 8.60. The normalized spacial score (nSPS) is 10.8. The van der Waals surface area contributed by atoms with Gasteiger partial charge in [0.15, 0.2) is 0 Å². The quantitative estimate of drug-likeness (QED) is 0.776. The van der Waals surface area contributed by atoms with Crippen LogP contribution in [0.5, 0.6) is 0 Å². The molecule has 0 aliphatic carbocycles. The van der Waals surface area contributed by atoms with E-state index in [2.05, 4.69) is 6.92 Å². The van der Waals surface area contributed by atoms with Gasteiger partial charge in [-0.05, 0) is 24.5 Å². The molecule has 0 aliphatic heterocycles. The lowest BCUT2D eigenvalue weighted by Gasteiger charge is -2.06. The summed E-state index contributed by atoms with van der Waals surface area (Å²) >= 11 is 0. The molecule has 0 atom stereocenters. The highest BCUT2D eigenvalue weighted by Crippen LogP contribution is 2.16. The number of hydrogen-bond acceptors (Lipinski definition) is 2. The van der Waals surface area contributed by atoms with Gasteiger partial charge >= 0.3 is 0 Å². The smallest absolute Gasteiger partial charge is 0.144 e. The molecule has 14 heavy (non-hydrogen) atoms. The second kappa shape index (κ2) is 5.10. The Kier molecular flexibility index (Phi) is 4.07. The van der Waals surface area contributed by atoms with Gasteiger partial charge in [0, 0.05) is 5.56 Å². The van der Waals surface area contributed by atoms with Gasteiger partial charge in [0.25, 0.3) is 0 Å². The van der Waals surface area contributed by atoms with Crippen molar-refractivity contribution in [1.82, 2.24) is 0 Å². The summed E-state index contributed by atoms with van der Waals surface area (Å²) in [5.41, 5.74) is 1.02. The van der Waals surface area contributed by atoms with Crippen molar-refractivity contribution < 1.29 is 12.8 Å². The van der Waals surface area contributed by atoms with Crippen molar-refractivity contribution >= 4 is 10.7 Å². The van der Waals surface area contributed by atoms with Crippen LogP contribution in [-0.2, 0) is 22.9 Å². The van der Waals surface area contributed by atoms with Crippen molar-refractivity contribution in [3.63, 3.8) is 0 Å². The Bertz CT molecular complexity index is 378. The molecule has 0 fully saturated rings. The Labute approximate surface area is 84.7 Å². The number of aryl methyl sites for hydroxylation is 1. The first-order chi connectivity index (χ1) is 6.65. The van der Waals surface area contributed by atoms with Gasteiger partial charge in [0.2, 0.25) is 0 Å². The molecule has 2 nitrogen and oxygen atoms in total. The molecule has 1 aromatic rings. The Morgan fingerprint density at radius 1 is 1.36 bits per heavy atom. The molecule has 77 valence electrons. The van der Waals surface area contributed by atoms with E-state index in [1.54, 1.807) is 12.1 Å². The number of halogens is 1. The Morgan fingerprint density at radius 3 is 2.64 bits per heavy atom. The Hall–Kier alpha value is -0.900. The van der Waals surface area contributed by atoms with Gasteiger partial charge in [0.05, 0.1) is 5.75 Å². The molecule has 0 spiro atoms. The zero-order chi connectivity index (χ0) is 10.6. The summed E-state index contributed by atoms with van der Waals surface area (Å²) < 4.78 is 34.3. The third kappa shape index (κ3) is 2.80. The van der Waals surface area contributed by atoms with Crippen LogP contribution in [0.2, 0.25) is 0 Å². The van der Waals surface area contributed by atoms with E-state index in [1.807, 2.05) is 0 Å². The first kappa shape index (κ1) is 11.2. The molecule has 0 heterocycles. The highest BCUT2D eigenvalue weighted by Gasteiger charge is 2.08. The van der Waals surface area contributed by atoms with E-state index in [-0.39, 0.29) is 11.3 Å². The van der Waals surface area contributed by atoms with Crippen LogP contribution in [0.25, 0.3) is 0 Å².